The van der Waals surface area contributed by atoms with Crippen LogP contribution in [0.15, 0.2) is 48.8 Å². The molecule has 0 aliphatic carbocycles. The summed E-state index contributed by atoms with van der Waals surface area (Å²) in [6, 6.07) is 11.4. The molecule has 0 bridgehead atoms. The highest BCUT2D eigenvalue weighted by atomic mass is 16.3. The van der Waals surface area contributed by atoms with Gasteiger partial charge in [0.05, 0.1) is 18.5 Å². The molecule has 0 saturated carbocycles. The summed E-state index contributed by atoms with van der Waals surface area (Å²) in [5.41, 5.74) is 1.51. The number of hydrogen-bond donors (Lipinski definition) is 1. The minimum atomic E-state index is -0.141. The molecule has 1 N–H and O–H groups in total. The van der Waals surface area contributed by atoms with Crippen LogP contribution in [-0.4, -0.2) is 30.1 Å². The van der Waals surface area contributed by atoms with Crippen molar-refractivity contribution in [1.29, 1.82) is 0 Å². The average molecular weight is 253 g/mol. The molecule has 0 aliphatic heterocycles. The first kappa shape index (κ1) is 11.5. The number of aliphatic hydroxyl groups is 1. The Morgan fingerprint density at radius 3 is 2.74 bits per heavy atom. The topological polar surface area (TPSA) is 76.7 Å². The van der Waals surface area contributed by atoms with Crippen molar-refractivity contribution in [3.63, 3.8) is 0 Å². The zero-order chi connectivity index (χ0) is 13.1. The molecule has 19 heavy (non-hydrogen) atoms. The standard InChI is InChI=1S/C13H11N5O/c19-9-11-8-15-17-18(11)12-6-7-14-13(16-12)10-4-2-1-3-5-10/h1-8,19H,9H2. The minimum absolute atomic E-state index is 0.141. The molecule has 0 amide bonds. The van der Waals surface area contributed by atoms with Crippen LogP contribution in [0.5, 0.6) is 0 Å². The quantitative estimate of drug-likeness (QED) is 0.759. The van der Waals surface area contributed by atoms with Crippen LogP contribution in [0.1, 0.15) is 5.69 Å². The van der Waals surface area contributed by atoms with E-state index in [1.54, 1.807) is 12.3 Å². The van der Waals surface area contributed by atoms with Crippen LogP contribution in [0.3, 0.4) is 0 Å². The van der Waals surface area contributed by atoms with Gasteiger partial charge in [0.2, 0.25) is 0 Å². The summed E-state index contributed by atoms with van der Waals surface area (Å²) in [7, 11) is 0. The van der Waals surface area contributed by atoms with Gasteiger partial charge in [-0.1, -0.05) is 35.5 Å². The largest absolute Gasteiger partial charge is 0.390 e. The molecule has 0 radical (unpaired) electrons. The van der Waals surface area contributed by atoms with E-state index in [4.69, 9.17) is 0 Å². The molecule has 6 heteroatoms. The minimum Gasteiger partial charge on any atom is -0.390 e. The third kappa shape index (κ3) is 2.21. The number of rotatable bonds is 3. The fourth-order valence-electron chi connectivity index (χ4n) is 1.75. The molecule has 0 unspecified atom stereocenters. The highest BCUT2D eigenvalue weighted by Gasteiger charge is 2.08. The van der Waals surface area contributed by atoms with Crippen molar-refractivity contribution in [2.45, 2.75) is 6.61 Å². The maximum absolute atomic E-state index is 9.21. The van der Waals surface area contributed by atoms with E-state index in [0.29, 0.717) is 17.3 Å². The Morgan fingerprint density at radius 2 is 1.95 bits per heavy atom. The van der Waals surface area contributed by atoms with E-state index >= 15 is 0 Å². The molecule has 0 aliphatic rings. The maximum atomic E-state index is 9.21. The van der Waals surface area contributed by atoms with Crippen molar-refractivity contribution in [1.82, 2.24) is 25.0 Å². The molecule has 0 atom stereocenters. The summed E-state index contributed by atoms with van der Waals surface area (Å²) < 4.78 is 1.49. The zero-order valence-electron chi connectivity index (χ0n) is 10.0. The fourth-order valence-corrected chi connectivity index (χ4v) is 1.75. The van der Waals surface area contributed by atoms with Gasteiger partial charge in [0.25, 0.3) is 0 Å². The first-order chi connectivity index (χ1) is 9.38. The van der Waals surface area contributed by atoms with Crippen molar-refractivity contribution in [3.05, 3.63) is 54.5 Å². The molecule has 6 nitrogen and oxygen atoms in total. The Morgan fingerprint density at radius 1 is 1.11 bits per heavy atom. The van der Waals surface area contributed by atoms with E-state index in [0.717, 1.165) is 5.56 Å². The molecular weight excluding hydrogens is 242 g/mol. The predicted octanol–water partition coefficient (Wildman–Crippen LogP) is 1.22. The van der Waals surface area contributed by atoms with Gasteiger partial charge in [-0.3, -0.25) is 0 Å². The molecule has 94 valence electrons. The highest BCUT2D eigenvalue weighted by molar-refractivity contribution is 5.55. The van der Waals surface area contributed by atoms with Crippen LogP contribution in [0.25, 0.3) is 17.2 Å². The summed E-state index contributed by atoms with van der Waals surface area (Å²) >= 11 is 0. The van der Waals surface area contributed by atoms with E-state index < -0.39 is 0 Å². The summed E-state index contributed by atoms with van der Waals surface area (Å²) in [5.74, 6) is 1.19. The molecular formula is C13H11N5O. The molecule has 2 aromatic heterocycles. The van der Waals surface area contributed by atoms with Gasteiger partial charge in [0.1, 0.15) is 0 Å². The van der Waals surface area contributed by atoms with Crippen LogP contribution in [0.2, 0.25) is 0 Å². The molecule has 3 aromatic rings. The molecule has 0 saturated heterocycles. The monoisotopic (exact) mass is 253 g/mol. The summed E-state index contributed by atoms with van der Waals surface area (Å²) in [6.07, 6.45) is 3.16. The van der Waals surface area contributed by atoms with E-state index in [9.17, 15) is 5.11 Å². The summed E-state index contributed by atoms with van der Waals surface area (Å²) in [6.45, 7) is -0.141. The van der Waals surface area contributed by atoms with Crippen LogP contribution < -0.4 is 0 Å². The summed E-state index contributed by atoms with van der Waals surface area (Å²) in [4.78, 5) is 8.67. The molecule has 1 aromatic carbocycles. The normalized spacial score (nSPS) is 10.6. The van der Waals surface area contributed by atoms with Gasteiger partial charge in [-0.25, -0.2) is 9.97 Å². The van der Waals surface area contributed by atoms with Crippen LogP contribution >= 0.6 is 0 Å². The number of hydrogen-bond acceptors (Lipinski definition) is 5. The fraction of sp³-hybridized carbons (Fsp3) is 0.0769. The lowest BCUT2D eigenvalue weighted by molar-refractivity contribution is 0.273. The van der Waals surface area contributed by atoms with Crippen molar-refractivity contribution in [3.8, 4) is 17.2 Å². The number of nitrogens with zero attached hydrogens (tertiary/aromatic N) is 5. The Balaban J connectivity index is 2.06. The Labute approximate surface area is 109 Å². The van der Waals surface area contributed by atoms with Crippen LogP contribution in [-0.2, 0) is 6.61 Å². The van der Waals surface area contributed by atoms with Crippen molar-refractivity contribution in [2.24, 2.45) is 0 Å². The second kappa shape index (κ2) is 4.95. The smallest absolute Gasteiger partial charge is 0.161 e. The molecule has 2 heterocycles. The lowest BCUT2D eigenvalue weighted by Gasteiger charge is -2.05. The predicted molar refractivity (Wildman–Crippen MR) is 68.3 cm³/mol. The third-order valence-electron chi connectivity index (χ3n) is 2.67. The van der Waals surface area contributed by atoms with E-state index in [1.165, 1.54) is 10.9 Å². The van der Waals surface area contributed by atoms with Gasteiger partial charge in [-0.2, -0.15) is 4.68 Å². The van der Waals surface area contributed by atoms with Crippen LogP contribution in [0, 0.1) is 0 Å². The van der Waals surface area contributed by atoms with Gasteiger partial charge in [0, 0.05) is 17.8 Å². The van der Waals surface area contributed by atoms with E-state index in [1.807, 2.05) is 30.3 Å². The SMILES string of the molecule is OCc1cnnn1-c1ccnc(-c2ccccc2)n1. The van der Waals surface area contributed by atoms with Crippen molar-refractivity contribution >= 4 is 0 Å². The first-order valence-corrected chi connectivity index (χ1v) is 5.78. The van der Waals surface area contributed by atoms with E-state index in [-0.39, 0.29) is 6.61 Å². The van der Waals surface area contributed by atoms with Gasteiger partial charge in [0.15, 0.2) is 11.6 Å². The summed E-state index contributed by atoms with van der Waals surface area (Å²) in [5, 5.41) is 16.9. The third-order valence-corrected chi connectivity index (χ3v) is 2.67. The second-order valence-corrected chi connectivity index (χ2v) is 3.90. The van der Waals surface area contributed by atoms with Gasteiger partial charge >= 0.3 is 0 Å². The molecule has 0 fully saturated rings. The Hall–Kier alpha value is -2.60. The lowest BCUT2D eigenvalue weighted by Crippen LogP contribution is -2.05. The molecule has 3 rings (SSSR count). The van der Waals surface area contributed by atoms with Crippen LogP contribution in [0.4, 0.5) is 0 Å². The number of aliphatic hydroxyl groups excluding tert-OH is 1. The molecule has 0 spiro atoms. The number of aromatic nitrogens is 5. The Kier molecular flexibility index (Phi) is 2.99. The maximum Gasteiger partial charge on any atom is 0.161 e. The lowest BCUT2D eigenvalue weighted by atomic mass is 10.2. The number of benzene rings is 1. The van der Waals surface area contributed by atoms with Gasteiger partial charge in [-0.05, 0) is 0 Å². The Bertz CT molecular complexity index is 680. The van der Waals surface area contributed by atoms with Gasteiger partial charge in [-0.15, -0.1) is 5.10 Å². The first-order valence-electron chi connectivity index (χ1n) is 5.78. The van der Waals surface area contributed by atoms with E-state index in [2.05, 4.69) is 20.3 Å². The second-order valence-electron chi connectivity index (χ2n) is 3.90. The average Bonchev–Trinajstić information content (AvgIpc) is 2.97. The van der Waals surface area contributed by atoms with Gasteiger partial charge < -0.3 is 5.11 Å². The van der Waals surface area contributed by atoms with Crippen molar-refractivity contribution in [2.75, 3.05) is 0 Å². The van der Waals surface area contributed by atoms with Crippen molar-refractivity contribution < 1.29 is 5.11 Å². The highest BCUT2D eigenvalue weighted by Crippen LogP contribution is 2.15. The zero-order valence-corrected chi connectivity index (χ0v) is 10.0.